The first-order valence-corrected chi connectivity index (χ1v) is 12.4. The van der Waals surface area contributed by atoms with Crippen LogP contribution < -0.4 is 9.46 Å². The van der Waals surface area contributed by atoms with Gasteiger partial charge in [-0.3, -0.25) is 4.72 Å². The molecule has 2 aromatic carbocycles. The van der Waals surface area contributed by atoms with Gasteiger partial charge in [-0.1, -0.05) is 26.0 Å². The molecule has 4 nitrogen and oxygen atoms in total. The molecule has 0 saturated heterocycles. The van der Waals surface area contributed by atoms with E-state index >= 15 is 0 Å². The number of carbonyl (C=O) groups is 1. The third-order valence-electron chi connectivity index (χ3n) is 4.54. The van der Waals surface area contributed by atoms with Crippen molar-refractivity contribution in [1.29, 1.82) is 0 Å². The van der Waals surface area contributed by atoms with Gasteiger partial charge in [-0.05, 0) is 101 Å². The molecule has 0 spiro atoms. The number of esters is 1. The van der Waals surface area contributed by atoms with E-state index in [-0.39, 0.29) is 17.5 Å². The normalized spacial score (nSPS) is 12.9. The SMILES string of the molecule is CC.CC(C)(C)OC(=O)COc1cccc2c1CCCC2.CNSc1cc(F)cc(C(F)(F)F)c1. The van der Waals surface area contributed by atoms with Crippen LogP contribution in [0.2, 0.25) is 0 Å². The third kappa shape index (κ3) is 11.3. The second-order valence-corrected chi connectivity index (χ2v) is 9.54. The quantitative estimate of drug-likeness (QED) is 0.255. The lowest BCUT2D eigenvalue weighted by Crippen LogP contribution is -2.27. The number of halogens is 4. The number of hydrogen-bond donors (Lipinski definition) is 1. The number of benzene rings is 2. The average Bonchev–Trinajstić information content (AvgIpc) is 2.77. The van der Waals surface area contributed by atoms with Gasteiger partial charge in [0.15, 0.2) is 6.61 Å². The molecular weight excluding hydrogens is 482 g/mol. The van der Waals surface area contributed by atoms with Gasteiger partial charge in [0.25, 0.3) is 0 Å². The Labute approximate surface area is 209 Å². The van der Waals surface area contributed by atoms with E-state index in [0.717, 1.165) is 42.7 Å². The smallest absolute Gasteiger partial charge is 0.416 e. The van der Waals surface area contributed by atoms with Gasteiger partial charge >= 0.3 is 12.1 Å². The van der Waals surface area contributed by atoms with Crippen LogP contribution in [-0.4, -0.2) is 25.2 Å². The fraction of sp³-hybridized carbons (Fsp3) is 0.500. The van der Waals surface area contributed by atoms with Crippen LogP contribution in [-0.2, 0) is 28.5 Å². The highest BCUT2D eigenvalue weighted by molar-refractivity contribution is 7.97. The lowest BCUT2D eigenvalue weighted by atomic mass is 9.91. The first-order valence-electron chi connectivity index (χ1n) is 11.6. The summed E-state index contributed by atoms with van der Waals surface area (Å²) in [4.78, 5) is 11.8. The Morgan fingerprint density at radius 3 is 2.31 bits per heavy atom. The van der Waals surface area contributed by atoms with Crippen molar-refractivity contribution in [3.05, 3.63) is 58.9 Å². The second kappa shape index (κ2) is 14.3. The summed E-state index contributed by atoms with van der Waals surface area (Å²) < 4.78 is 62.8. The molecule has 1 aliphatic carbocycles. The van der Waals surface area contributed by atoms with Gasteiger partial charge in [0.1, 0.15) is 17.2 Å². The Hall–Kier alpha value is -2.26. The molecular formula is C26H35F4NO3S. The Bertz CT molecular complexity index is 943. The highest BCUT2D eigenvalue weighted by atomic mass is 32.2. The number of alkyl halides is 3. The molecule has 2 aromatic rings. The van der Waals surface area contributed by atoms with E-state index in [4.69, 9.17) is 9.47 Å². The highest BCUT2D eigenvalue weighted by Crippen LogP contribution is 2.32. The molecule has 0 heterocycles. The molecule has 0 radical (unpaired) electrons. The zero-order valence-corrected chi connectivity index (χ0v) is 22.0. The van der Waals surface area contributed by atoms with E-state index in [1.807, 2.05) is 46.8 Å². The largest absolute Gasteiger partial charge is 0.482 e. The number of carbonyl (C=O) groups excluding carboxylic acids is 1. The lowest BCUT2D eigenvalue weighted by Gasteiger charge is -2.21. The summed E-state index contributed by atoms with van der Waals surface area (Å²) in [6.45, 7) is 9.55. The topological polar surface area (TPSA) is 47.6 Å². The number of nitrogens with one attached hydrogen (secondary N) is 1. The van der Waals surface area contributed by atoms with Crippen LogP contribution in [0.3, 0.4) is 0 Å². The molecule has 0 bridgehead atoms. The van der Waals surface area contributed by atoms with E-state index in [1.165, 1.54) is 24.0 Å². The van der Waals surface area contributed by atoms with Gasteiger partial charge in [0.2, 0.25) is 0 Å². The van der Waals surface area contributed by atoms with E-state index in [0.29, 0.717) is 6.07 Å². The molecule has 3 rings (SSSR count). The van der Waals surface area contributed by atoms with Crippen LogP contribution in [0.4, 0.5) is 17.6 Å². The maximum absolute atomic E-state index is 12.7. The van der Waals surface area contributed by atoms with Gasteiger partial charge in [-0.15, -0.1) is 0 Å². The molecule has 0 fully saturated rings. The van der Waals surface area contributed by atoms with Crippen LogP contribution >= 0.6 is 11.9 Å². The van der Waals surface area contributed by atoms with Crippen molar-refractivity contribution in [2.45, 2.75) is 77.0 Å². The number of aryl methyl sites for hydroxylation is 1. The van der Waals surface area contributed by atoms with Crippen molar-refractivity contribution in [3.63, 3.8) is 0 Å². The maximum atomic E-state index is 12.7. The maximum Gasteiger partial charge on any atom is 0.416 e. The summed E-state index contributed by atoms with van der Waals surface area (Å²) >= 11 is 0.930. The fourth-order valence-corrected chi connectivity index (χ4v) is 3.89. The van der Waals surface area contributed by atoms with Crippen molar-refractivity contribution in [2.75, 3.05) is 13.7 Å². The predicted octanol–water partition coefficient (Wildman–Crippen LogP) is 7.38. The van der Waals surface area contributed by atoms with E-state index in [1.54, 1.807) is 7.05 Å². The first kappa shape index (κ1) is 30.8. The van der Waals surface area contributed by atoms with Crippen molar-refractivity contribution >= 4 is 17.9 Å². The van der Waals surface area contributed by atoms with Gasteiger partial charge in [-0.2, -0.15) is 13.2 Å². The summed E-state index contributed by atoms with van der Waals surface area (Å²) in [5.41, 5.74) is 1.18. The van der Waals surface area contributed by atoms with Gasteiger partial charge in [0, 0.05) is 4.90 Å². The van der Waals surface area contributed by atoms with Crippen molar-refractivity contribution < 1.29 is 31.8 Å². The second-order valence-electron chi connectivity index (χ2n) is 8.46. The Morgan fingerprint density at radius 1 is 1.06 bits per heavy atom. The van der Waals surface area contributed by atoms with E-state index in [9.17, 15) is 22.4 Å². The summed E-state index contributed by atoms with van der Waals surface area (Å²) in [5.74, 6) is -0.374. The molecule has 0 atom stereocenters. The summed E-state index contributed by atoms with van der Waals surface area (Å²) in [6, 6.07) is 8.48. The van der Waals surface area contributed by atoms with Crippen molar-refractivity contribution in [1.82, 2.24) is 4.72 Å². The molecule has 0 aliphatic heterocycles. The molecule has 0 aromatic heterocycles. The van der Waals surface area contributed by atoms with Crippen molar-refractivity contribution in [3.8, 4) is 5.75 Å². The molecule has 196 valence electrons. The minimum atomic E-state index is -4.51. The van der Waals surface area contributed by atoms with Gasteiger partial charge in [0.05, 0.1) is 5.56 Å². The molecule has 35 heavy (non-hydrogen) atoms. The van der Waals surface area contributed by atoms with Gasteiger partial charge < -0.3 is 9.47 Å². The highest BCUT2D eigenvalue weighted by Gasteiger charge is 2.31. The zero-order chi connectivity index (χ0) is 26.6. The minimum absolute atomic E-state index is 0.0201. The van der Waals surface area contributed by atoms with Crippen LogP contribution in [0.5, 0.6) is 5.75 Å². The van der Waals surface area contributed by atoms with E-state index in [2.05, 4.69) is 10.8 Å². The predicted molar refractivity (Wildman–Crippen MR) is 132 cm³/mol. The summed E-state index contributed by atoms with van der Waals surface area (Å²) in [7, 11) is 1.54. The molecule has 9 heteroatoms. The summed E-state index contributed by atoms with van der Waals surface area (Å²) in [5, 5.41) is 0. The molecule has 0 amide bonds. The van der Waals surface area contributed by atoms with Gasteiger partial charge in [-0.25, -0.2) is 9.18 Å². The standard InChI is InChI=1S/C16H22O3.C8H7F4NS.C2H6/c1-16(2,3)19-15(17)11-18-14-10-6-8-12-7-4-5-9-13(12)14;1-13-14-7-3-5(8(10,11)12)2-6(9)4-7;1-2/h6,8,10H,4-5,7,9,11H2,1-3H3;2-4,13H,1H3;1-2H3. The van der Waals surface area contributed by atoms with Crippen LogP contribution in [0.15, 0.2) is 41.3 Å². The minimum Gasteiger partial charge on any atom is -0.482 e. The van der Waals surface area contributed by atoms with E-state index < -0.39 is 23.2 Å². The number of hydrogen-bond acceptors (Lipinski definition) is 5. The first-order chi connectivity index (χ1) is 16.4. The van der Waals surface area contributed by atoms with Crippen molar-refractivity contribution in [2.24, 2.45) is 0 Å². The molecule has 1 N–H and O–H groups in total. The lowest BCUT2D eigenvalue weighted by molar-refractivity contribution is -0.157. The Balaban J connectivity index is 0.000000341. The summed E-state index contributed by atoms with van der Waals surface area (Å²) in [6.07, 6.45) is 0.0757. The zero-order valence-electron chi connectivity index (χ0n) is 21.1. The monoisotopic (exact) mass is 517 g/mol. The van der Waals surface area contributed by atoms with Crippen LogP contribution in [0.1, 0.15) is 64.2 Å². The fourth-order valence-electron chi connectivity index (χ4n) is 3.29. The Morgan fingerprint density at radius 2 is 1.71 bits per heavy atom. The molecule has 0 saturated carbocycles. The van der Waals surface area contributed by atoms with Crippen LogP contribution in [0, 0.1) is 5.82 Å². The molecule has 1 aliphatic rings. The Kier molecular flexibility index (Phi) is 12.6. The molecule has 0 unspecified atom stereocenters. The number of fused-ring (bicyclic) bond motifs is 1. The number of ether oxygens (including phenoxy) is 2. The average molecular weight is 518 g/mol. The van der Waals surface area contributed by atoms with Crippen LogP contribution in [0.25, 0.3) is 0 Å². The third-order valence-corrected chi connectivity index (χ3v) is 5.21. The number of rotatable bonds is 5.